The molecule has 3 N–H and O–H groups in total. The number of nitrogens with two attached hydrogens (primary N) is 1. The Bertz CT molecular complexity index is 454. The van der Waals surface area contributed by atoms with Gasteiger partial charge in [-0.3, -0.25) is 4.98 Å². The number of aromatic nitrogens is 1. The molecule has 0 atom stereocenters. The van der Waals surface area contributed by atoms with E-state index in [1.807, 2.05) is 0 Å². The van der Waals surface area contributed by atoms with Gasteiger partial charge < -0.3 is 10.8 Å². The van der Waals surface area contributed by atoms with Crippen LogP contribution in [0.15, 0.2) is 6.20 Å². The van der Waals surface area contributed by atoms with Gasteiger partial charge >= 0.3 is 5.97 Å². The van der Waals surface area contributed by atoms with Gasteiger partial charge in [-0.15, -0.1) is 0 Å². The SMILES string of the molecule is N#Cc1c(C(F)F)ncc(N)c1C(=O)O. The fraction of sp³-hybridized carbons (Fsp3) is 0.125. The van der Waals surface area contributed by atoms with Crippen LogP contribution in [-0.2, 0) is 0 Å². The summed E-state index contributed by atoms with van der Waals surface area (Å²) in [6.45, 7) is 0. The lowest BCUT2D eigenvalue weighted by Crippen LogP contribution is -2.10. The number of carboxylic acid groups (broad SMARTS) is 1. The van der Waals surface area contributed by atoms with E-state index < -0.39 is 29.2 Å². The van der Waals surface area contributed by atoms with Gasteiger partial charge in [0.15, 0.2) is 0 Å². The molecule has 0 fully saturated rings. The fourth-order valence-corrected chi connectivity index (χ4v) is 1.05. The molecule has 5 nitrogen and oxygen atoms in total. The average Bonchev–Trinajstić information content (AvgIpc) is 2.15. The lowest BCUT2D eigenvalue weighted by molar-refractivity contribution is 0.0697. The first-order valence-corrected chi connectivity index (χ1v) is 3.69. The molecule has 0 aliphatic carbocycles. The van der Waals surface area contributed by atoms with Crippen LogP contribution in [0.4, 0.5) is 14.5 Å². The van der Waals surface area contributed by atoms with E-state index >= 15 is 0 Å². The maximum absolute atomic E-state index is 12.3. The minimum atomic E-state index is -3.02. The lowest BCUT2D eigenvalue weighted by atomic mass is 10.1. The minimum Gasteiger partial charge on any atom is -0.478 e. The zero-order valence-electron chi connectivity index (χ0n) is 7.24. The summed E-state index contributed by atoms with van der Waals surface area (Å²) in [7, 11) is 0. The number of nitriles is 1. The number of pyridine rings is 1. The fourth-order valence-electron chi connectivity index (χ4n) is 1.05. The second-order valence-electron chi connectivity index (χ2n) is 2.57. The number of hydrogen-bond acceptors (Lipinski definition) is 4. The Balaban J connectivity index is 3.56. The van der Waals surface area contributed by atoms with E-state index in [0.717, 1.165) is 6.20 Å². The van der Waals surface area contributed by atoms with E-state index in [-0.39, 0.29) is 5.69 Å². The molecule has 0 aliphatic heterocycles. The molecule has 1 rings (SSSR count). The van der Waals surface area contributed by atoms with Crippen LogP contribution in [0.1, 0.15) is 28.0 Å². The first-order valence-electron chi connectivity index (χ1n) is 3.69. The van der Waals surface area contributed by atoms with Gasteiger partial charge in [0.2, 0.25) is 0 Å². The van der Waals surface area contributed by atoms with Crippen molar-refractivity contribution in [3.8, 4) is 6.07 Å². The van der Waals surface area contributed by atoms with Crippen LogP contribution in [0.25, 0.3) is 0 Å². The number of alkyl halides is 2. The Morgan fingerprint density at radius 3 is 2.67 bits per heavy atom. The quantitative estimate of drug-likeness (QED) is 0.767. The summed E-state index contributed by atoms with van der Waals surface area (Å²) in [6.07, 6.45) is -2.22. The molecule has 0 unspecified atom stereocenters. The number of nitrogen functional groups attached to an aromatic ring is 1. The Labute approximate surface area is 82.8 Å². The highest BCUT2D eigenvalue weighted by Crippen LogP contribution is 2.25. The van der Waals surface area contributed by atoms with Crippen molar-refractivity contribution in [3.63, 3.8) is 0 Å². The van der Waals surface area contributed by atoms with Gasteiger partial charge in [-0.2, -0.15) is 5.26 Å². The lowest BCUT2D eigenvalue weighted by Gasteiger charge is -2.06. The van der Waals surface area contributed by atoms with Crippen molar-refractivity contribution in [1.29, 1.82) is 5.26 Å². The minimum absolute atomic E-state index is 0.316. The maximum atomic E-state index is 12.3. The third-order valence-electron chi connectivity index (χ3n) is 1.67. The van der Waals surface area contributed by atoms with Crippen LogP contribution in [0.3, 0.4) is 0 Å². The smallest absolute Gasteiger partial charge is 0.339 e. The predicted molar refractivity (Wildman–Crippen MR) is 45.3 cm³/mol. The molecule has 0 radical (unpaired) electrons. The Morgan fingerprint density at radius 1 is 1.67 bits per heavy atom. The largest absolute Gasteiger partial charge is 0.478 e. The van der Waals surface area contributed by atoms with Crippen molar-refractivity contribution < 1.29 is 18.7 Å². The van der Waals surface area contributed by atoms with Crippen LogP contribution in [0.5, 0.6) is 0 Å². The Hall–Kier alpha value is -2.23. The molecule has 0 spiro atoms. The molecule has 0 bridgehead atoms. The topological polar surface area (TPSA) is 100 Å². The standard InChI is InChI=1S/C8H5F2N3O2/c9-7(10)6-3(1-11)5(8(14)15)4(12)2-13-6/h2,7H,12H2,(H,14,15). The monoisotopic (exact) mass is 213 g/mol. The highest BCUT2D eigenvalue weighted by Gasteiger charge is 2.23. The molecule has 0 amide bonds. The molecule has 0 aromatic carbocycles. The number of aromatic carboxylic acids is 1. The molecule has 0 saturated heterocycles. The van der Waals surface area contributed by atoms with Gasteiger partial charge in [0.25, 0.3) is 6.43 Å². The van der Waals surface area contributed by atoms with Gasteiger partial charge in [-0.1, -0.05) is 0 Å². The summed E-state index contributed by atoms with van der Waals surface area (Å²) in [6, 6.07) is 1.36. The van der Waals surface area contributed by atoms with Gasteiger partial charge in [0.05, 0.1) is 17.4 Å². The van der Waals surface area contributed by atoms with Gasteiger partial charge in [0.1, 0.15) is 17.3 Å². The number of carboxylic acids is 1. The van der Waals surface area contributed by atoms with Gasteiger partial charge in [-0.25, -0.2) is 13.6 Å². The second kappa shape index (κ2) is 3.88. The van der Waals surface area contributed by atoms with E-state index in [0.29, 0.717) is 0 Å². The summed E-state index contributed by atoms with van der Waals surface area (Å²) in [5.74, 6) is -1.53. The summed E-state index contributed by atoms with van der Waals surface area (Å²) < 4.78 is 24.7. The summed E-state index contributed by atoms with van der Waals surface area (Å²) in [5.41, 5.74) is 2.71. The first-order chi connectivity index (χ1) is 6.99. The molecule has 0 aliphatic rings. The molecule has 78 valence electrons. The molecule has 0 saturated carbocycles. The van der Waals surface area contributed by atoms with Crippen molar-refractivity contribution in [2.45, 2.75) is 6.43 Å². The molecular weight excluding hydrogens is 208 g/mol. The van der Waals surface area contributed by atoms with Crippen molar-refractivity contribution in [3.05, 3.63) is 23.0 Å². The van der Waals surface area contributed by atoms with E-state index in [9.17, 15) is 13.6 Å². The zero-order chi connectivity index (χ0) is 11.6. The third-order valence-corrected chi connectivity index (χ3v) is 1.67. The molecule has 1 aromatic rings. The number of carbonyl (C=O) groups is 1. The normalized spacial score (nSPS) is 10.0. The van der Waals surface area contributed by atoms with Crippen LogP contribution >= 0.6 is 0 Å². The number of anilines is 1. The number of halogens is 2. The maximum Gasteiger partial charge on any atom is 0.339 e. The first kappa shape index (κ1) is 10.8. The summed E-state index contributed by atoms with van der Waals surface area (Å²) in [5, 5.41) is 17.3. The van der Waals surface area contributed by atoms with E-state index in [1.54, 1.807) is 0 Å². The van der Waals surface area contributed by atoms with Gasteiger partial charge in [0, 0.05) is 0 Å². The third kappa shape index (κ3) is 1.83. The van der Waals surface area contributed by atoms with Crippen molar-refractivity contribution in [2.24, 2.45) is 0 Å². The molecule has 1 heterocycles. The molecular formula is C8H5F2N3O2. The highest BCUT2D eigenvalue weighted by molar-refractivity contribution is 5.96. The van der Waals surface area contributed by atoms with E-state index in [4.69, 9.17) is 16.1 Å². The van der Waals surface area contributed by atoms with Crippen molar-refractivity contribution in [2.75, 3.05) is 5.73 Å². The highest BCUT2D eigenvalue weighted by atomic mass is 19.3. The number of hydrogen-bond donors (Lipinski definition) is 2. The van der Waals surface area contributed by atoms with Crippen LogP contribution < -0.4 is 5.73 Å². The van der Waals surface area contributed by atoms with Crippen molar-refractivity contribution in [1.82, 2.24) is 4.98 Å². The number of nitrogens with zero attached hydrogens (tertiary/aromatic N) is 2. The Kier molecular flexibility index (Phi) is 2.80. The van der Waals surface area contributed by atoms with E-state index in [2.05, 4.69) is 4.98 Å². The van der Waals surface area contributed by atoms with E-state index in [1.165, 1.54) is 6.07 Å². The second-order valence-corrected chi connectivity index (χ2v) is 2.57. The zero-order valence-corrected chi connectivity index (χ0v) is 7.24. The van der Waals surface area contributed by atoms with Crippen LogP contribution in [0.2, 0.25) is 0 Å². The predicted octanol–water partition coefficient (Wildman–Crippen LogP) is 1.17. The summed E-state index contributed by atoms with van der Waals surface area (Å²) >= 11 is 0. The van der Waals surface area contributed by atoms with Crippen molar-refractivity contribution >= 4 is 11.7 Å². The number of rotatable bonds is 2. The molecule has 15 heavy (non-hydrogen) atoms. The van der Waals surface area contributed by atoms with Gasteiger partial charge in [-0.05, 0) is 0 Å². The van der Waals surface area contributed by atoms with Crippen LogP contribution in [0, 0.1) is 11.3 Å². The Morgan fingerprint density at radius 2 is 2.27 bits per heavy atom. The average molecular weight is 213 g/mol. The van der Waals surface area contributed by atoms with Crippen LogP contribution in [-0.4, -0.2) is 16.1 Å². The molecule has 7 heteroatoms. The summed E-state index contributed by atoms with van der Waals surface area (Å²) in [4.78, 5) is 13.9. The molecule has 1 aromatic heterocycles.